The normalized spacial score (nSPS) is 13.6. The number of anilines is 1. The number of urea groups is 1. The van der Waals surface area contributed by atoms with E-state index in [1.807, 2.05) is 12.1 Å². The Morgan fingerprint density at radius 3 is 2.26 bits per heavy atom. The fourth-order valence-corrected chi connectivity index (χ4v) is 4.86. The second-order valence-corrected chi connectivity index (χ2v) is 10.5. The summed E-state index contributed by atoms with van der Waals surface area (Å²) in [4.78, 5) is 36.1. The highest BCUT2D eigenvalue weighted by Gasteiger charge is 2.19. The molecule has 0 bridgehead atoms. The van der Waals surface area contributed by atoms with Crippen LogP contribution in [0, 0.1) is 0 Å². The molecule has 1 atom stereocenters. The van der Waals surface area contributed by atoms with Crippen LogP contribution in [0.5, 0.6) is 0 Å². The van der Waals surface area contributed by atoms with E-state index in [-0.39, 0.29) is 18.9 Å². The fourth-order valence-electron chi connectivity index (χ4n) is 4.43. The van der Waals surface area contributed by atoms with E-state index in [0.717, 1.165) is 28.4 Å². The van der Waals surface area contributed by atoms with E-state index in [9.17, 15) is 14.4 Å². The molecule has 39 heavy (non-hydrogen) atoms. The molecular formula is C30H29BrClN3O4. The summed E-state index contributed by atoms with van der Waals surface area (Å²) in [5.41, 5.74) is 5.15. The molecule has 4 N–H and O–H groups in total. The second-order valence-electron chi connectivity index (χ2n) is 9.28. The lowest BCUT2D eigenvalue weighted by Crippen LogP contribution is -2.33. The molecule has 1 aliphatic carbocycles. The molecule has 0 spiro atoms. The first kappa shape index (κ1) is 28.4. The smallest absolute Gasteiger partial charge is 0.319 e. The van der Waals surface area contributed by atoms with Crippen molar-refractivity contribution < 1.29 is 19.5 Å². The third-order valence-electron chi connectivity index (χ3n) is 6.49. The zero-order chi connectivity index (χ0) is 27.8. The van der Waals surface area contributed by atoms with Crippen LogP contribution >= 0.6 is 27.5 Å². The van der Waals surface area contributed by atoms with Gasteiger partial charge in [-0.1, -0.05) is 54.1 Å². The van der Waals surface area contributed by atoms with E-state index in [4.69, 9.17) is 16.7 Å². The van der Waals surface area contributed by atoms with Gasteiger partial charge in [-0.15, -0.1) is 0 Å². The van der Waals surface area contributed by atoms with Crippen molar-refractivity contribution in [3.05, 3.63) is 105 Å². The van der Waals surface area contributed by atoms with Crippen molar-refractivity contribution in [3.63, 3.8) is 0 Å². The Hall–Kier alpha value is -3.62. The maximum Gasteiger partial charge on any atom is 0.319 e. The lowest BCUT2D eigenvalue weighted by Gasteiger charge is -2.21. The van der Waals surface area contributed by atoms with E-state index in [1.54, 1.807) is 42.5 Å². The first-order valence-corrected chi connectivity index (χ1v) is 13.9. The lowest BCUT2D eigenvalue weighted by molar-refractivity contribution is -0.136. The molecule has 0 aromatic heterocycles. The van der Waals surface area contributed by atoms with Crippen molar-refractivity contribution >= 4 is 56.7 Å². The Morgan fingerprint density at radius 2 is 1.64 bits per heavy atom. The molecule has 0 saturated carbocycles. The average molecular weight is 611 g/mol. The number of carboxylic acids is 1. The van der Waals surface area contributed by atoms with Crippen LogP contribution in [0.1, 0.15) is 65.2 Å². The Balaban J connectivity index is 1.55. The van der Waals surface area contributed by atoms with Gasteiger partial charge in [0.2, 0.25) is 0 Å². The highest BCUT2D eigenvalue weighted by atomic mass is 79.9. The topological polar surface area (TPSA) is 108 Å². The van der Waals surface area contributed by atoms with Crippen LogP contribution in [-0.4, -0.2) is 29.6 Å². The molecule has 7 nitrogen and oxygen atoms in total. The van der Waals surface area contributed by atoms with Crippen LogP contribution in [-0.2, 0) is 4.79 Å². The highest BCUT2D eigenvalue weighted by Crippen LogP contribution is 2.30. The van der Waals surface area contributed by atoms with Gasteiger partial charge in [0.1, 0.15) is 0 Å². The Bertz CT molecular complexity index is 1370. The summed E-state index contributed by atoms with van der Waals surface area (Å²) in [6, 6.07) is 19.3. The number of carboxylic acid groups (broad SMARTS) is 1. The standard InChI is InChI=1S/C30H29BrClN3O4/c31-25-15-14-24(18-26(25)32)34-30(39)35-28(21-8-6-20(7-9-21)19-4-2-1-3-5-19)22-10-12-23(13-11-22)29(38)33-17-16-27(36)37/h4,6-15,18,28H,1-3,5,16-17H2,(H,33,38)(H,36,37)(H2,34,35,39). The third kappa shape index (κ3) is 7.94. The second kappa shape index (κ2) is 13.4. The van der Waals surface area contributed by atoms with Gasteiger partial charge in [0, 0.05) is 22.3 Å². The van der Waals surface area contributed by atoms with Gasteiger partial charge in [0.25, 0.3) is 5.91 Å². The molecule has 202 valence electrons. The number of hydrogen-bond acceptors (Lipinski definition) is 3. The largest absolute Gasteiger partial charge is 0.481 e. The molecule has 0 heterocycles. The summed E-state index contributed by atoms with van der Waals surface area (Å²) in [7, 11) is 0. The number of rotatable bonds is 9. The molecular weight excluding hydrogens is 582 g/mol. The van der Waals surface area contributed by atoms with Gasteiger partial charge in [-0.2, -0.15) is 0 Å². The first-order chi connectivity index (χ1) is 18.8. The van der Waals surface area contributed by atoms with Crippen LogP contribution in [0.2, 0.25) is 5.02 Å². The molecule has 3 amide bonds. The molecule has 0 radical (unpaired) electrons. The van der Waals surface area contributed by atoms with Gasteiger partial charge in [-0.05, 0) is 94.2 Å². The van der Waals surface area contributed by atoms with Gasteiger partial charge >= 0.3 is 12.0 Å². The first-order valence-electron chi connectivity index (χ1n) is 12.7. The number of benzene rings is 3. The lowest BCUT2D eigenvalue weighted by atomic mass is 9.91. The van der Waals surface area contributed by atoms with E-state index in [2.05, 4.69) is 50.1 Å². The zero-order valence-electron chi connectivity index (χ0n) is 21.2. The summed E-state index contributed by atoms with van der Waals surface area (Å²) in [5.74, 6) is -1.34. The minimum absolute atomic E-state index is 0.0448. The van der Waals surface area contributed by atoms with E-state index in [0.29, 0.717) is 16.3 Å². The summed E-state index contributed by atoms with van der Waals surface area (Å²) in [6.45, 7) is 0.0448. The van der Waals surface area contributed by atoms with Crippen molar-refractivity contribution in [1.29, 1.82) is 0 Å². The van der Waals surface area contributed by atoms with Crippen molar-refractivity contribution in [3.8, 4) is 0 Å². The Kier molecular flexibility index (Phi) is 9.79. The van der Waals surface area contributed by atoms with Gasteiger partial charge in [0.15, 0.2) is 0 Å². The maximum absolute atomic E-state index is 13.0. The van der Waals surface area contributed by atoms with Crippen molar-refractivity contribution in [2.45, 2.75) is 38.1 Å². The number of nitrogens with one attached hydrogen (secondary N) is 3. The molecule has 3 aromatic carbocycles. The predicted molar refractivity (Wildman–Crippen MR) is 157 cm³/mol. The van der Waals surface area contributed by atoms with E-state index < -0.39 is 18.0 Å². The molecule has 9 heteroatoms. The quantitative estimate of drug-likeness (QED) is 0.206. The summed E-state index contributed by atoms with van der Waals surface area (Å²) >= 11 is 9.53. The minimum atomic E-state index is -0.978. The van der Waals surface area contributed by atoms with Gasteiger partial charge < -0.3 is 21.1 Å². The fraction of sp³-hybridized carbons (Fsp3) is 0.233. The highest BCUT2D eigenvalue weighted by molar-refractivity contribution is 9.10. The third-order valence-corrected chi connectivity index (χ3v) is 7.72. The number of aliphatic carboxylic acids is 1. The number of carbonyl (C=O) groups excluding carboxylic acids is 2. The molecule has 1 aliphatic rings. The minimum Gasteiger partial charge on any atom is -0.481 e. The number of halogens is 2. The molecule has 0 aliphatic heterocycles. The summed E-state index contributed by atoms with van der Waals surface area (Å²) < 4.78 is 0.730. The monoisotopic (exact) mass is 609 g/mol. The Morgan fingerprint density at radius 1 is 0.949 bits per heavy atom. The number of amides is 3. The molecule has 1 unspecified atom stereocenters. The van der Waals surface area contributed by atoms with Gasteiger partial charge in [0.05, 0.1) is 17.5 Å². The van der Waals surface area contributed by atoms with E-state index in [1.165, 1.54) is 24.0 Å². The molecule has 0 fully saturated rings. The summed E-state index contributed by atoms with van der Waals surface area (Å²) in [5, 5.41) is 17.7. The molecule has 4 rings (SSSR count). The van der Waals surface area contributed by atoms with Crippen LogP contribution in [0.15, 0.2) is 77.3 Å². The zero-order valence-corrected chi connectivity index (χ0v) is 23.5. The van der Waals surface area contributed by atoms with Crippen LogP contribution in [0.3, 0.4) is 0 Å². The van der Waals surface area contributed by atoms with Crippen LogP contribution < -0.4 is 16.0 Å². The maximum atomic E-state index is 13.0. The number of allylic oxidation sites excluding steroid dienone is 2. The van der Waals surface area contributed by atoms with Gasteiger partial charge in [-0.3, -0.25) is 9.59 Å². The average Bonchev–Trinajstić information content (AvgIpc) is 2.94. The number of hydrogen-bond donors (Lipinski definition) is 4. The van der Waals surface area contributed by atoms with Crippen molar-refractivity contribution in [1.82, 2.24) is 10.6 Å². The molecule has 0 saturated heterocycles. The van der Waals surface area contributed by atoms with Gasteiger partial charge in [-0.25, -0.2) is 4.79 Å². The van der Waals surface area contributed by atoms with Crippen LogP contribution in [0.4, 0.5) is 10.5 Å². The predicted octanol–water partition coefficient (Wildman–Crippen LogP) is 7.18. The van der Waals surface area contributed by atoms with Crippen LogP contribution in [0.25, 0.3) is 5.57 Å². The Labute approximate surface area is 240 Å². The summed E-state index contributed by atoms with van der Waals surface area (Å²) in [6.07, 6.45) is 6.72. The number of carbonyl (C=O) groups is 3. The van der Waals surface area contributed by atoms with Crippen molar-refractivity contribution in [2.75, 3.05) is 11.9 Å². The SMILES string of the molecule is O=C(O)CCNC(=O)c1ccc(C(NC(=O)Nc2ccc(Br)c(Cl)c2)c2ccc(C3=CCCCC3)cc2)cc1. The van der Waals surface area contributed by atoms with E-state index >= 15 is 0 Å². The van der Waals surface area contributed by atoms with Crippen molar-refractivity contribution in [2.24, 2.45) is 0 Å². The molecule has 3 aromatic rings.